The highest BCUT2D eigenvalue weighted by atomic mass is 16.5. The molecule has 1 saturated carbocycles. The number of nitrogens with one attached hydrogen (secondary N) is 1. The lowest BCUT2D eigenvalue weighted by molar-refractivity contribution is -0.117. The molecule has 8 heteroatoms. The maximum Gasteiger partial charge on any atom is 0.239 e. The first kappa shape index (κ1) is 25.1. The number of carbonyl (C=O) groups excluding carboxylic acids is 1. The summed E-state index contributed by atoms with van der Waals surface area (Å²) < 4.78 is 13.2. The van der Waals surface area contributed by atoms with Gasteiger partial charge in [-0.3, -0.25) is 14.6 Å². The van der Waals surface area contributed by atoms with E-state index in [0.717, 1.165) is 68.3 Å². The summed E-state index contributed by atoms with van der Waals surface area (Å²) in [6.45, 7) is 9.33. The van der Waals surface area contributed by atoms with Crippen molar-refractivity contribution in [2.75, 3.05) is 58.3 Å². The molecule has 0 spiro atoms. The Hall–Kier alpha value is -3.02. The summed E-state index contributed by atoms with van der Waals surface area (Å²) in [4.78, 5) is 17.5. The Bertz CT molecular complexity index is 1040. The van der Waals surface area contributed by atoms with Crippen LogP contribution in [0.2, 0.25) is 0 Å². The van der Waals surface area contributed by atoms with E-state index in [-0.39, 0.29) is 5.91 Å². The van der Waals surface area contributed by atoms with Crippen LogP contribution in [0.1, 0.15) is 48.5 Å². The molecule has 1 aliphatic carbocycles. The van der Waals surface area contributed by atoms with E-state index >= 15 is 0 Å². The van der Waals surface area contributed by atoms with Crippen molar-refractivity contribution < 1.29 is 14.3 Å². The number of ether oxygens (including phenoxy) is 2. The zero-order valence-electron chi connectivity index (χ0n) is 21.2. The third-order valence-electron chi connectivity index (χ3n) is 7.38. The fourth-order valence-electron chi connectivity index (χ4n) is 5.22. The number of rotatable bonds is 9. The van der Waals surface area contributed by atoms with Gasteiger partial charge in [-0.2, -0.15) is 5.26 Å². The minimum absolute atomic E-state index is 0.0467. The molecule has 1 N–H and O–H groups in total. The number of benzene rings is 1. The molecule has 35 heavy (non-hydrogen) atoms. The molecule has 8 nitrogen and oxygen atoms in total. The Kier molecular flexibility index (Phi) is 8.32. The largest absolute Gasteiger partial charge is 0.497 e. The van der Waals surface area contributed by atoms with Gasteiger partial charge in [-0.25, -0.2) is 0 Å². The molecule has 1 saturated heterocycles. The predicted molar refractivity (Wildman–Crippen MR) is 136 cm³/mol. The number of amides is 1. The Morgan fingerprint density at radius 3 is 2.31 bits per heavy atom. The summed E-state index contributed by atoms with van der Waals surface area (Å²) in [6, 6.07) is 10.3. The van der Waals surface area contributed by atoms with Gasteiger partial charge in [0.15, 0.2) is 0 Å². The first-order valence-electron chi connectivity index (χ1n) is 12.6. The number of nitrogens with zero attached hydrogens (tertiary/aromatic N) is 4. The second-order valence-electron chi connectivity index (χ2n) is 9.54. The van der Waals surface area contributed by atoms with Crippen molar-refractivity contribution in [1.29, 1.82) is 5.26 Å². The Morgan fingerprint density at radius 2 is 1.69 bits per heavy atom. The van der Waals surface area contributed by atoms with Crippen LogP contribution in [0.15, 0.2) is 24.3 Å². The Labute approximate surface area is 208 Å². The lowest BCUT2D eigenvalue weighted by Gasteiger charge is -2.34. The molecule has 0 atom stereocenters. The van der Waals surface area contributed by atoms with Gasteiger partial charge in [-0.1, -0.05) is 12.8 Å². The lowest BCUT2D eigenvalue weighted by atomic mass is 10.2. The minimum Gasteiger partial charge on any atom is -0.497 e. The van der Waals surface area contributed by atoms with E-state index in [1.807, 2.05) is 31.2 Å². The highest BCUT2D eigenvalue weighted by Gasteiger charge is 2.27. The van der Waals surface area contributed by atoms with E-state index in [2.05, 4.69) is 32.7 Å². The highest BCUT2D eigenvalue weighted by molar-refractivity contribution is 5.93. The molecular formula is C27H37N5O3. The van der Waals surface area contributed by atoms with Crippen molar-refractivity contribution >= 4 is 11.7 Å². The van der Waals surface area contributed by atoms with Crippen LogP contribution < -0.4 is 14.8 Å². The van der Waals surface area contributed by atoms with Gasteiger partial charge in [0.25, 0.3) is 0 Å². The SMILES string of the molecule is COc1ccc(OCCN2CCN(CC(=O)Nc3c(C#N)c(C)c(C)n3C3CCCC3)CC2)cc1. The molecule has 0 bridgehead atoms. The standard InChI is InChI=1S/C27H37N5O3/c1-20-21(2)32(22-6-4-5-7-22)27(25(20)18-28)29-26(33)19-31-14-12-30(13-15-31)16-17-35-24-10-8-23(34-3)9-11-24/h8-11,22H,4-7,12-17,19H2,1-3H3,(H,29,33). The van der Waals surface area contributed by atoms with E-state index < -0.39 is 0 Å². The first-order chi connectivity index (χ1) is 17.0. The molecule has 1 aromatic heterocycles. The normalized spacial score (nSPS) is 17.3. The summed E-state index contributed by atoms with van der Waals surface area (Å²) in [6.07, 6.45) is 4.61. The third-order valence-corrected chi connectivity index (χ3v) is 7.38. The van der Waals surface area contributed by atoms with Crippen LogP contribution in [0, 0.1) is 25.2 Å². The van der Waals surface area contributed by atoms with Crippen LogP contribution in [0.25, 0.3) is 0 Å². The molecule has 1 aliphatic heterocycles. The summed E-state index contributed by atoms with van der Waals surface area (Å²) >= 11 is 0. The molecule has 4 rings (SSSR count). The lowest BCUT2D eigenvalue weighted by Crippen LogP contribution is -2.49. The van der Waals surface area contributed by atoms with Crippen LogP contribution in [0.3, 0.4) is 0 Å². The van der Waals surface area contributed by atoms with Crippen molar-refractivity contribution in [3.63, 3.8) is 0 Å². The van der Waals surface area contributed by atoms with E-state index in [0.29, 0.717) is 30.6 Å². The third kappa shape index (κ3) is 5.98. The van der Waals surface area contributed by atoms with Crippen molar-refractivity contribution in [1.82, 2.24) is 14.4 Å². The van der Waals surface area contributed by atoms with Crippen molar-refractivity contribution in [2.45, 2.75) is 45.6 Å². The predicted octanol–water partition coefficient (Wildman–Crippen LogP) is 3.74. The van der Waals surface area contributed by atoms with Crippen LogP contribution in [-0.4, -0.2) is 73.3 Å². The van der Waals surface area contributed by atoms with Gasteiger partial charge < -0.3 is 19.4 Å². The maximum atomic E-state index is 13.0. The number of nitriles is 1. The van der Waals surface area contributed by atoms with Crippen molar-refractivity contribution in [3.05, 3.63) is 41.1 Å². The number of hydrogen-bond donors (Lipinski definition) is 1. The second-order valence-corrected chi connectivity index (χ2v) is 9.54. The van der Waals surface area contributed by atoms with Gasteiger partial charge in [0, 0.05) is 44.5 Å². The van der Waals surface area contributed by atoms with Gasteiger partial charge in [-0.05, 0) is 56.5 Å². The summed E-state index contributed by atoms with van der Waals surface area (Å²) in [5.41, 5.74) is 2.67. The second kappa shape index (κ2) is 11.6. The fourth-order valence-corrected chi connectivity index (χ4v) is 5.22. The molecule has 2 aromatic rings. The Morgan fingerprint density at radius 1 is 1.06 bits per heavy atom. The number of aromatic nitrogens is 1. The summed E-state index contributed by atoms with van der Waals surface area (Å²) in [5, 5.41) is 12.9. The summed E-state index contributed by atoms with van der Waals surface area (Å²) in [5.74, 6) is 2.30. The average Bonchev–Trinajstić information content (AvgIpc) is 3.47. The molecule has 2 fully saturated rings. The average molecular weight is 480 g/mol. The van der Waals surface area contributed by atoms with Gasteiger partial charge in [0.2, 0.25) is 5.91 Å². The number of carbonyl (C=O) groups is 1. The van der Waals surface area contributed by atoms with Gasteiger partial charge in [-0.15, -0.1) is 0 Å². The van der Waals surface area contributed by atoms with E-state index in [4.69, 9.17) is 9.47 Å². The molecule has 1 amide bonds. The zero-order valence-corrected chi connectivity index (χ0v) is 21.2. The quantitative estimate of drug-likeness (QED) is 0.590. The topological polar surface area (TPSA) is 82.8 Å². The number of anilines is 1. The first-order valence-corrected chi connectivity index (χ1v) is 12.6. The minimum atomic E-state index is -0.0467. The molecule has 0 unspecified atom stereocenters. The van der Waals surface area contributed by atoms with Gasteiger partial charge >= 0.3 is 0 Å². The number of hydrogen-bond acceptors (Lipinski definition) is 6. The number of piperazine rings is 1. The zero-order chi connectivity index (χ0) is 24.8. The highest BCUT2D eigenvalue weighted by Crippen LogP contribution is 2.37. The molecule has 1 aromatic carbocycles. The van der Waals surface area contributed by atoms with Crippen LogP contribution in [0.4, 0.5) is 5.82 Å². The van der Waals surface area contributed by atoms with E-state index in [9.17, 15) is 10.1 Å². The van der Waals surface area contributed by atoms with Crippen LogP contribution in [-0.2, 0) is 4.79 Å². The number of methoxy groups -OCH3 is 1. The van der Waals surface area contributed by atoms with E-state index in [1.165, 1.54) is 12.8 Å². The monoisotopic (exact) mass is 479 g/mol. The fraction of sp³-hybridized carbons (Fsp3) is 0.556. The molecule has 2 heterocycles. The van der Waals surface area contributed by atoms with Crippen molar-refractivity contribution in [2.24, 2.45) is 0 Å². The Balaban J connectivity index is 1.25. The maximum absolute atomic E-state index is 13.0. The van der Waals surface area contributed by atoms with Gasteiger partial charge in [0.1, 0.15) is 30.0 Å². The molecule has 188 valence electrons. The van der Waals surface area contributed by atoms with E-state index in [1.54, 1.807) is 7.11 Å². The van der Waals surface area contributed by atoms with Crippen LogP contribution in [0.5, 0.6) is 11.5 Å². The molecule has 2 aliphatic rings. The van der Waals surface area contributed by atoms with Gasteiger partial charge in [0.05, 0.1) is 19.2 Å². The van der Waals surface area contributed by atoms with Crippen LogP contribution >= 0.6 is 0 Å². The smallest absolute Gasteiger partial charge is 0.239 e. The molecular weight excluding hydrogens is 442 g/mol. The van der Waals surface area contributed by atoms with Crippen molar-refractivity contribution in [3.8, 4) is 17.6 Å². The molecule has 0 radical (unpaired) electrons. The summed E-state index contributed by atoms with van der Waals surface area (Å²) in [7, 11) is 1.65.